The standard InChI is InChI=1S/C23H26ClN5O2S/c1-2-29-22(18-5-7-19(24)8-6-18)26-27-23(29)32-16-21(30)25-20-9-3-17(4-10-20)15-28-11-13-31-14-12-28/h3-10H,2,11-16H2,1H3,(H,25,30). The highest BCUT2D eigenvalue weighted by molar-refractivity contribution is 7.99. The molecule has 0 unspecified atom stereocenters. The largest absolute Gasteiger partial charge is 0.379 e. The van der Waals surface area contributed by atoms with E-state index in [-0.39, 0.29) is 11.7 Å². The number of benzene rings is 2. The van der Waals surface area contributed by atoms with Crippen molar-refractivity contribution < 1.29 is 9.53 Å². The number of thioether (sulfide) groups is 1. The van der Waals surface area contributed by atoms with Crippen LogP contribution in [0.5, 0.6) is 0 Å². The third-order valence-corrected chi connectivity index (χ3v) is 6.43. The van der Waals surface area contributed by atoms with Gasteiger partial charge in [-0.2, -0.15) is 0 Å². The number of amides is 1. The van der Waals surface area contributed by atoms with Crippen LogP contribution in [-0.4, -0.2) is 57.6 Å². The van der Waals surface area contributed by atoms with Crippen LogP contribution in [0.25, 0.3) is 11.4 Å². The molecular weight excluding hydrogens is 446 g/mol. The number of ether oxygens (including phenoxy) is 1. The molecule has 0 aliphatic carbocycles. The van der Waals surface area contributed by atoms with Gasteiger partial charge >= 0.3 is 0 Å². The van der Waals surface area contributed by atoms with E-state index in [1.807, 2.05) is 47.9 Å². The maximum Gasteiger partial charge on any atom is 0.234 e. The Labute approximate surface area is 197 Å². The van der Waals surface area contributed by atoms with Gasteiger partial charge in [0, 0.05) is 42.5 Å². The first-order valence-corrected chi connectivity index (χ1v) is 12.0. The summed E-state index contributed by atoms with van der Waals surface area (Å²) in [5.41, 5.74) is 2.96. The highest BCUT2D eigenvalue weighted by atomic mass is 35.5. The van der Waals surface area contributed by atoms with Crippen LogP contribution in [0, 0.1) is 0 Å². The van der Waals surface area contributed by atoms with E-state index in [1.54, 1.807) is 0 Å². The van der Waals surface area contributed by atoms with Gasteiger partial charge in [-0.15, -0.1) is 10.2 Å². The Hall–Kier alpha value is -2.39. The molecule has 0 saturated carbocycles. The average molecular weight is 472 g/mol. The summed E-state index contributed by atoms with van der Waals surface area (Å²) in [6.07, 6.45) is 0. The van der Waals surface area contributed by atoms with E-state index >= 15 is 0 Å². The summed E-state index contributed by atoms with van der Waals surface area (Å²) in [5.74, 6) is 0.950. The zero-order valence-electron chi connectivity index (χ0n) is 18.0. The number of hydrogen-bond acceptors (Lipinski definition) is 6. The first-order valence-electron chi connectivity index (χ1n) is 10.6. The molecule has 1 amide bonds. The number of nitrogens with one attached hydrogen (secondary N) is 1. The minimum Gasteiger partial charge on any atom is -0.379 e. The minimum atomic E-state index is -0.0744. The van der Waals surface area contributed by atoms with Gasteiger partial charge in [0.1, 0.15) is 0 Å². The monoisotopic (exact) mass is 471 g/mol. The number of carbonyl (C=O) groups is 1. The minimum absolute atomic E-state index is 0.0744. The average Bonchev–Trinajstić information content (AvgIpc) is 3.23. The predicted molar refractivity (Wildman–Crippen MR) is 128 cm³/mol. The van der Waals surface area contributed by atoms with Crippen molar-refractivity contribution in [2.75, 3.05) is 37.4 Å². The van der Waals surface area contributed by atoms with Crippen LogP contribution in [0.4, 0.5) is 5.69 Å². The summed E-state index contributed by atoms with van der Waals surface area (Å²) in [5, 5.41) is 12.9. The summed E-state index contributed by atoms with van der Waals surface area (Å²) < 4.78 is 7.39. The number of halogens is 1. The van der Waals surface area contributed by atoms with Crippen LogP contribution in [-0.2, 0) is 22.6 Å². The van der Waals surface area contributed by atoms with Crippen molar-refractivity contribution in [3.63, 3.8) is 0 Å². The predicted octanol–water partition coefficient (Wildman–Crippen LogP) is 4.18. The molecule has 1 aliphatic heterocycles. The summed E-state index contributed by atoms with van der Waals surface area (Å²) in [4.78, 5) is 14.8. The lowest BCUT2D eigenvalue weighted by Gasteiger charge is -2.26. The third-order valence-electron chi connectivity index (χ3n) is 5.22. The molecule has 1 aromatic heterocycles. The summed E-state index contributed by atoms with van der Waals surface area (Å²) in [6, 6.07) is 15.5. The van der Waals surface area contributed by atoms with Gasteiger partial charge in [0.25, 0.3) is 0 Å². The van der Waals surface area contributed by atoms with Crippen LogP contribution in [0.1, 0.15) is 12.5 Å². The molecule has 0 spiro atoms. The molecule has 1 saturated heterocycles. The number of rotatable bonds is 8. The van der Waals surface area contributed by atoms with Gasteiger partial charge in [-0.05, 0) is 48.9 Å². The maximum atomic E-state index is 12.5. The molecule has 9 heteroatoms. The van der Waals surface area contributed by atoms with E-state index in [0.717, 1.165) is 49.9 Å². The second kappa shape index (κ2) is 11.0. The Balaban J connectivity index is 1.31. The SMILES string of the molecule is CCn1c(SCC(=O)Nc2ccc(CN3CCOCC3)cc2)nnc1-c1ccc(Cl)cc1. The molecule has 7 nitrogen and oxygen atoms in total. The Bertz CT molecular complexity index is 1030. The van der Waals surface area contributed by atoms with E-state index in [0.29, 0.717) is 16.7 Å². The van der Waals surface area contributed by atoms with Crippen LogP contribution in [0.2, 0.25) is 5.02 Å². The molecule has 1 N–H and O–H groups in total. The molecule has 0 bridgehead atoms. The van der Waals surface area contributed by atoms with Crippen molar-refractivity contribution in [1.82, 2.24) is 19.7 Å². The molecule has 168 valence electrons. The van der Waals surface area contributed by atoms with Crippen molar-refractivity contribution in [3.05, 3.63) is 59.1 Å². The first kappa shape index (κ1) is 22.8. The Kier molecular flexibility index (Phi) is 7.81. The van der Waals surface area contributed by atoms with E-state index < -0.39 is 0 Å². The molecule has 3 aromatic rings. The maximum absolute atomic E-state index is 12.5. The second-order valence-electron chi connectivity index (χ2n) is 7.48. The molecule has 32 heavy (non-hydrogen) atoms. The van der Waals surface area contributed by atoms with Crippen LogP contribution in [0.15, 0.2) is 53.7 Å². The third kappa shape index (κ3) is 5.89. The zero-order valence-corrected chi connectivity index (χ0v) is 19.5. The molecular formula is C23H26ClN5O2S. The Morgan fingerprint density at radius 2 is 1.81 bits per heavy atom. The van der Waals surface area contributed by atoms with Crippen molar-refractivity contribution in [2.24, 2.45) is 0 Å². The highest BCUT2D eigenvalue weighted by Crippen LogP contribution is 2.25. The van der Waals surface area contributed by atoms with Crippen molar-refractivity contribution >= 4 is 35.0 Å². The lowest BCUT2D eigenvalue weighted by Crippen LogP contribution is -2.35. The fraction of sp³-hybridized carbons (Fsp3) is 0.348. The number of morpholine rings is 1. The van der Waals surface area contributed by atoms with Gasteiger partial charge in [-0.1, -0.05) is 35.5 Å². The lowest BCUT2D eigenvalue weighted by molar-refractivity contribution is -0.113. The van der Waals surface area contributed by atoms with Gasteiger partial charge < -0.3 is 14.6 Å². The molecule has 1 fully saturated rings. The number of anilines is 1. The summed E-state index contributed by atoms with van der Waals surface area (Å²) in [6.45, 7) is 7.13. The molecule has 0 radical (unpaired) electrons. The van der Waals surface area contributed by atoms with Crippen LogP contribution < -0.4 is 5.32 Å². The topological polar surface area (TPSA) is 72.3 Å². The molecule has 2 aromatic carbocycles. The van der Waals surface area contributed by atoms with Gasteiger partial charge in [-0.25, -0.2) is 0 Å². The number of hydrogen-bond donors (Lipinski definition) is 1. The van der Waals surface area contributed by atoms with Gasteiger partial charge in [0.05, 0.1) is 19.0 Å². The molecule has 4 rings (SSSR count). The first-order chi connectivity index (χ1) is 15.6. The Morgan fingerprint density at radius 1 is 1.09 bits per heavy atom. The fourth-order valence-electron chi connectivity index (χ4n) is 3.53. The lowest BCUT2D eigenvalue weighted by atomic mass is 10.2. The molecule has 2 heterocycles. The van der Waals surface area contributed by atoms with Crippen LogP contribution >= 0.6 is 23.4 Å². The number of carbonyl (C=O) groups excluding carboxylic acids is 1. The molecule has 1 aliphatic rings. The van der Waals surface area contributed by atoms with E-state index in [1.165, 1.54) is 17.3 Å². The normalized spacial score (nSPS) is 14.4. The molecule has 0 atom stereocenters. The summed E-state index contributed by atoms with van der Waals surface area (Å²) >= 11 is 7.36. The number of nitrogens with zero attached hydrogens (tertiary/aromatic N) is 4. The van der Waals surface area contributed by atoms with Crippen molar-refractivity contribution in [2.45, 2.75) is 25.2 Å². The van der Waals surface area contributed by atoms with Crippen molar-refractivity contribution in [1.29, 1.82) is 0 Å². The van der Waals surface area contributed by atoms with E-state index in [4.69, 9.17) is 16.3 Å². The van der Waals surface area contributed by atoms with Crippen LogP contribution in [0.3, 0.4) is 0 Å². The van der Waals surface area contributed by atoms with Gasteiger partial charge in [0.2, 0.25) is 5.91 Å². The van der Waals surface area contributed by atoms with E-state index in [9.17, 15) is 4.79 Å². The quantitative estimate of drug-likeness (QED) is 0.497. The smallest absolute Gasteiger partial charge is 0.234 e. The number of aromatic nitrogens is 3. The van der Waals surface area contributed by atoms with E-state index in [2.05, 4.69) is 32.5 Å². The zero-order chi connectivity index (χ0) is 22.3. The fourth-order valence-corrected chi connectivity index (χ4v) is 4.46. The Morgan fingerprint density at radius 3 is 2.50 bits per heavy atom. The van der Waals surface area contributed by atoms with Gasteiger partial charge in [-0.3, -0.25) is 9.69 Å². The highest BCUT2D eigenvalue weighted by Gasteiger charge is 2.15. The van der Waals surface area contributed by atoms with Gasteiger partial charge in [0.15, 0.2) is 11.0 Å². The second-order valence-corrected chi connectivity index (χ2v) is 8.86. The summed E-state index contributed by atoms with van der Waals surface area (Å²) in [7, 11) is 0. The van der Waals surface area contributed by atoms with Crippen molar-refractivity contribution in [3.8, 4) is 11.4 Å².